The average Bonchev–Trinajstić information content (AvgIpc) is 3.52. The molecule has 1 aromatic heterocycles. The number of Topliss-reactive ketones (excluding diaryl/α,β-unsaturated/α-hetero) is 2. The highest BCUT2D eigenvalue weighted by Gasteiger charge is 2.50. The van der Waals surface area contributed by atoms with Gasteiger partial charge in [-0.05, 0) is 55.3 Å². The van der Waals surface area contributed by atoms with Crippen LogP contribution < -0.4 is 4.74 Å². The molecular weight excluding hydrogens is 487 g/mol. The predicted molar refractivity (Wildman–Crippen MR) is 142 cm³/mol. The lowest BCUT2D eigenvalue weighted by Crippen LogP contribution is -2.44. The molecule has 2 heterocycles. The number of hydrogen-bond donors (Lipinski definition) is 0. The summed E-state index contributed by atoms with van der Waals surface area (Å²) in [4.78, 5) is 39.9. The van der Waals surface area contributed by atoms with Crippen LogP contribution in [-0.2, 0) is 28.2 Å². The minimum atomic E-state index is -1.16. The summed E-state index contributed by atoms with van der Waals surface area (Å²) in [6, 6.07) is 10.9. The molecule has 1 fully saturated rings. The largest absolute Gasteiger partial charge is 0.489 e. The highest BCUT2D eigenvalue weighted by Crippen LogP contribution is 2.39. The van der Waals surface area contributed by atoms with E-state index in [1.54, 1.807) is 17.0 Å². The molecule has 0 N–H and O–H groups in total. The lowest BCUT2D eigenvalue weighted by atomic mass is 9.77. The number of aryl methyl sites for hydroxylation is 2. The lowest BCUT2D eigenvalue weighted by molar-refractivity contribution is -0.123. The van der Waals surface area contributed by atoms with E-state index in [0.717, 1.165) is 16.8 Å². The molecule has 0 saturated heterocycles. The van der Waals surface area contributed by atoms with Crippen LogP contribution in [0.25, 0.3) is 0 Å². The first-order chi connectivity index (χ1) is 18.3. The summed E-state index contributed by atoms with van der Waals surface area (Å²) in [6.07, 6.45) is -0.171. The van der Waals surface area contributed by atoms with Gasteiger partial charge in [-0.25, -0.2) is 4.39 Å². The number of hydrogen-bond acceptors (Lipinski definition) is 6. The summed E-state index contributed by atoms with van der Waals surface area (Å²) >= 11 is 0. The highest BCUT2D eigenvalue weighted by molar-refractivity contribution is 6.12. The van der Waals surface area contributed by atoms with Gasteiger partial charge in [0.2, 0.25) is 0 Å². The predicted octanol–water partition coefficient (Wildman–Crippen LogP) is 5.89. The molecule has 5 rings (SSSR count). The van der Waals surface area contributed by atoms with E-state index in [0.29, 0.717) is 35.8 Å². The first-order valence-corrected chi connectivity index (χ1v) is 13.0. The molecule has 1 saturated carbocycles. The molecule has 2 aromatic carbocycles. The Labute approximate surface area is 223 Å². The Morgan fingerprint density at radius 3 is 2.29 bits per heavy atom. The number of rotatable bonds is 6. The minimum Gasteiger partial charge on any atom is -0.489 e. The molecule has 0 radical (unpaired) electrons. The zero-order chi connectivity index (χ0) is 28.0. The number of benzene rings is 2. The van der Waals surface area contributed by atoms with Crippen LogP contribution >= 0.6 is 0 Å². The summed E-state index contributed by atoms with van der Waals surface area (Å²) in [7, 11) is 0. The third-order valence-electron chi connectivity index (χ3n) is 6.77. The number of carbonyl (C=O) groups excluding carboxylic acids is 3. The maximum absolute atomic E-state index is 13.5. The van der Waals surface area contributed by atoms with Gasteiger partial charge in [-0.1, -0.05) is 45.0 Å². The number of carbonyl (C=O) groups is 3. The van der Waals surface area contributed by atoms with Crippen LogP contribution in [-0.4, -0.2) is 34.1 Å². The number of ketones is 2. The number of nitrogens with zero attached hydrogens (tertiary/aromatic N) is 2. The first-order valence-electron chi connectivity index (χ1n) is 13.0. The van der Waals surface area contributed by atoms with Crippen LogP contribution in [0.15, 0.2) is 47.0 Å². The summed E-state index contributed by atoms with van der Waals surface area (Å²) < 4.78 is 24.6. The second kappa shape index (κ2) is 12.2. The molecular formula is C30H35FN2O5. The van der Waals surface area contributed by atoms with E-state index in [1.165, 1.54) is 24.3 Å². The smallest absolute Gasteiger partial charge is 0.254 e. The molecule has 1 atom stereocenters. The Kier molecular flexibility index (Phi) is 9.20. The van der Waals surface area contributed by atoms with E-state index in [9.17, 15) is 18.8 Å². The van der Waals surface area contributed by atoms with Gasteiger partial charge in [0, 0.05) is 25.1 Å². The third-order valence-corrected chi connectivity index (χ3v) is 6.77. The number of aromatic nitrogens is 1. The monoisotopic (exact) mass is 522 g/mol. The van der Waals surface area contributed by atoms with Gasteiger partial charge >= 0.3 is 0 Å². The fraction of sp³-hybridized carbons (Fsp3) is 0.400. The van der Waals surface area contributed by atoms with E-state index in [1.807, 2.05) is 47.6 Å². The molecule has 3 aromatic rings. The number of amides is 1. The second-order valence-electron chi connectivity index (χ2n) is 8.98. The van der Waals surface area contributed by atoms with Crippen molar-refractivity contribution < 1.29 is 28.0 Å². The molecule has 7 nitrogen and oxygen atoms in total. The highest BCUT2D eigenvalue weighted by atomic mass is 19.1. The van der Waals surface area contributed by atoms with E-state index < -0.39 is 11.2 Å². The molecule has 1 amide bonds. The van der Waals surface area contributed by atoms with E-state index in [4.69, 9.17) is 9.26 Å². The van der Waals surface area contributed by atoms with Crippen LogP contribution in [0.3, 0.4) is 0 Å². The van der Waals surface area contributed by atoms with Gasteiger partial charge < -0.3 is 14.2 Å². The first kappa shape index (κ1) is 28.8. The van der Waals surface area contributed by atoms with Crippen molar-refractivity contribution in [2.75, 3.05) is 6.54 Å². The summed E-state index contributed by atoms with van der Waals surface area (Å²) in [5.41, 5.74) is 2.36. The van der Waals surface area contributed by atoms with Gasteiger partial charge in [-0.15, -0.1) is 0 Å². The SMILES string of the molecule is CC.CC.Cc1noc(C)c1COc1ccc2c(c1)CN(CC1(c3ccc(F)cc3)CC(=O)CC1=O)C2=O. The van der Waals surface area contributed by atoms with Gasteiger partial charge in [-0.2, -0.15) is 0 Å². The second-order valence-corrected chi connectivity index (χ2v) is 8.98. The van der Waals surface area contributed by atoms with Crippen LogP contribution in [0.5, 0.6) is 5.75 Å². The Morgan fingerprint density at radius 1 is 1.03 bits per heavy atom. The van der Waals surface area contributed by atoms with Crippen LogP contribution in [0.1, 0.15) is 79.0 Å². The van der Waals surface area contributed by atoms with Crippen molar-refractivity contribution in [3.05, 3.63) is 82.0 Å². The molecule has 0 bridgehead atoms. The molecule has 0 spiro atoms. The van der Waals surface area contributed by atoms with Crippen molar-refractivity contribution in [2.45, 2.75) is 73.0 Å². The molecule has 202 valence electrons. The summed E-state index contributed by atoms with van der Waals surface area (Å²) in [6.45, 7) is 12.3. The number of halogens is 1. The van der Waals surface area contributed by atoms with Gasteiger partial charge in [0.05, 0.1) is 23.1 Å². The maximum Gasteiger partial charge on any atom is 0.254 e. The minimum absolute atomic E-state index is 0.00336. The van der Waals surface area contributed by atoms with Gasteiger partial charge in [-0.3, -0.25) is 14.4 Å². The number of ether oxygens (including phenoxy) is 1. The molecule has 2 aliphatic rings. The topological polar surface area (TPSA) is 89.7 Å². The van der Waals surface area contributed by atoms with E-state index in [-0.39, 0.29) is 36.9 Å². The molecule has 1 unspecified atom stereocenters. The van der Waals surface area contributed by atoms with Crippen LogP contribution in [0.2, 0.25) is 0 Å². The quantitative estimate of drug-likeness (QED) is 0.375. The zero-order valence-corrected chi connectivity index (χ0v) is 22.9. The maximum atomic E-state index is 13.5. The Hall–Kier alpha value is -3.81. The van der Waals surface area contributed by atoms with Gasteiger partial charge in [0.15, 0.2) is 5.78 Å². The normalized spacial score (nSPS) is 18.0. The van der Waals surface area contributed by atoms with E-state index in [2.05, 4.69) is 5.16 Å². The Morgan fingerprint density at radius 2 is 1.71 bits per heavy atom. The summed E-state index contributed by atoms with van der Waals surface area (Å²) in [5.74, 6) is 0.255. The summed E-state index contributed by atoms with van der Waals surface area (Å²) in [5, 5.41) is 3.92. The van der Waals surface area contributed by atoms with Crippen molar-refractivity contribution in [2.24, 2.45) is 0 Å². The lowest BCUT2D eigenvalue weighted by Gasteiger charge is -2.32. The van der Waals surface area contributed by atoms with Gasteiger partial charge in [0.1, 0.15) is 29.7 Å². The molecule has 1 aliphatic heterocycles. The van der Waals surface area contributed by atoms with Crippen LogP contribution in [0, 0.1) is 19.7 Å². The van der Waals surface area contributed by atoms with Crippen molar-refractivity contribution >= 4 is 17.5 Å². The molecule has 1 aliphatic carbocycles. The van der Waals surface area contributed by atoms with Crippen molar-refractivity contribution in [3.8, 4) is 5.75 Å². The molecule has 8 heteroatoms. The van der Waals surface area contributed by atoms with Crippen LogP contribution in [0.4, 0.5) is 4.39 Å². The Balaban J connectivity index is 0.000000956. The average molecular weight is 523 g/mol. The van der Waals surface area contributed by atoms with Crippen molar-refractivity contribution in [1.29, 1.82) is 0 Å². The Bertz CT molecular complexity index is 1300. The fourth-order valence-electron chi connectivity index (χ4n) is 4.88. The van der Waals surface area contributed by atoms with Gasteiger partial charge in [0.25, 0.3) is 5.91 Å². The standard InChI is InChI=1S/C26H23FN2O5.2C2H6/c1-15-23(16(2)34-28-15)13-33-21-7-8-22-17(9-21)12-29(25(22)32)14-26(11-20(30)10-24(26)31)18-3-5-19(27)6-4-18;2*1-2/h3-9H,10-14H2,1-2H3;2*1-2H3. The third kappa shape index (κ3) is 5.54. The fourth-order valence-corrected chi connectivity index (χ4v) is 4.88. The zero-order valence-electron chi connectivity index (χ0n) is 22.9. The van der Waals surface area contributed by atoms with E-state index >= 15 is 0 Å². The molecule has 38 heavy (non-hydrogen) atoms. The van der Waals surface area contributed by atoms with Crippen molar-refractivity contribution in [1.82, 2.24) is 10.1 Å². The van der Waals surface area contributed by atoms with Crippen molar-refractivity contribution in [3.63, 3.8) is 0 Å². The number of fused-ring (bicyclic) bond motifs is 1.